The highest BCUT2D eigenvalue weighted by atomic mass is 32.2. The van der Waals surface area contributed by atoms with Crippen molar-refractivity contribution >= 4 is 9.84 Å². The molecule has 2 rings (SSSR count). The van der Waals surface area contributed by atoms with Crippen molar-refractivity contribution in [1.29, 1.82) is 0 Å². The lowest BCUT2D eigenvalue weighted by atomic mass is 9.95. The van der Waals surface area contributed by atoms with Gasteiger partial charge in [-0.15, -0.1) is 0 Å². The van der Waals surface area contributed by atoms with E-state index in [0.717, 1.165) is 49.7 Å². The summed E-state index contributed by atoms with van der Waals surface area (Å²) in [4.78, 5) is 0.437. The van der Waals surface area contributed by atoms with E-state index in [2.05, 4.69) is 19.1 Å². The molecular weight excluding hydrogens is 292 g/mol. The largest absolute Gasteiger partial charge is 0.223 e. The Hall–Kier alpha value is -1.35. The topological polar surface area (TPSA) is 34.1 Å². The molecular formula is C19H26O2S. The van der Waals surface area contributed by atoms with E-state index < -0.39 is 9.84 Å². The van der Waals surface area contributed by atoms with Crippen LogP contribution in [0.25, 0.3) is 0 Å². The van der Waals surface area contributed by atoms with Gasteiger partial charge in [0.15, 0.2) is 9.84 Å². The van der Waals surface area contributed by atoms with E-state index in [1.807, 2.05) is 19.1 Å². The number of benzene rings is 1. The molecule has 3 heteroatoms. The van der Waals surface area contributed by atoms with Crippen LogP contribution in [0.2, 0.25) is 0 Å². The van der Waals surface area contributed by atoms with Crippen molar-refractivity contribution in [3.63, 3.8) is 0 Å². The third kappa shape index (κ3) is 4.57. The third-order valence-electron chi connectivity index (χ3n) is 4.17. The second-order valence-electron chi connectivity index (χ2n) is 6.10. The lowest BCUT2D eigenvalue weighted by molar-refractivity contribution is 0.596. The molecule has 0 saturated heterocycles. The predicted octanol–water partition coefficient (Wildman–Crippen LogP) is 5.00. The molecule has 1 aromatic carbocycles. The number of rotatable bonds is 6. The summed E-state index contributed by atoms with van der Waals surface area (Å²) in [7, 11) is -3.25. The molecule has 0 radical (unpaired) electrons. The van der Waals surface area contributed by atoms with Crippen LogP contribution in [0.15, 0.2) is 52.5 Å². The summed E-state index contributed by atoms with van der Waals surface area (Å²) in [6.45, 7) is 4.12. The zero-order valence-electron chi connectivity index (χ0n) is 13.6. The van der Waals surface area contributed by atoms with Gasteiger partial charge in [0.05, 0.1) is 10.6 Å². The average Bonchev–Trinajstić information content (AvgIpc) is 2.52. The summed E-state index contributed by atoms with van der Waals surface area (Å²) >= 11 is 0. The summed E-state index contributed by atoms with van der Waals surface area (Å²) < 4.78 is 25.4. The van der Waals surface area contributed by atoms with E-state index in [-0.39, 0.29) is 5.75 Å². The van der Waals surface area contributed by atoms with Crippen molar-refractivity contribution in [2.75, 3.05) is 5.75 Å². The van der Waals surface area contributed by atoms with Crippen LogP contribution in [0.5, 0.6) is 0 Å². The van der Waals surface area contributed by atoms with Crippen molar-refractivity contribution in [2.45, 2.75) is 57.3 Å². The van der Waals surface area contributed by atoms with Crippen LogP contribution in [0.3, 0.4) is 0 Å². The van der Waals surface area contributed by atoms with Gasteiger partial charge in [-0.05, 0) is 56.7 Å². The van der Waals surface area contributed by atoms with Gasteiger partial charge in [-0.1, -0.05) is 48.8 Å². The Kier molecular flexibility index (Phi) is 6.01. The summed E-state index contributed by atoms with van der Waals surface area (Å²) in [5.41, 5.74) is 3.44. The van der Waals surface area contributed by atoms with Gasteiger partial charge in [0.1, 0.15) is 0 Å². The van der Waals surface area contributed by atoms with Gasteiger partial charge in [-0.2, -0.15) is 0 Å². The summed E-state index contributed by atoms with van der Waals surface area (Å²) in [6.07, 6.45) is 10.6. The van der Waals surface area contributed by atoms with Gasteiger partial charge in [0.2, 0.25) is 0 Å². The average molecular weight is 318 g/mol. The second-order valence-corrected chi connectivity index (χ2v) is 8.09. The molecule has 0 spiro atoms. The Balaban J connectivity index is 2.27. The highest BCUT2D eigenvalue weighted by Gasteiger charge is 2.19. The Morgan fingerprint density at radius 2 is 1.91 bits per heavy atom. The van der Waals surface area contributed by atoms with Crippen LogP contribution in [-0.2, 0) is 9.84 Å². The van der Waals surface area contributed by atoms with Gasteiger partial charge in [0.25, 0.3) is 0 Å². The van der Waals surface area contributed by atoms with E-state index in [0.29, 0.717) is 4.90 Å². The molecule has 0 N–H and O–H groups in total. The van der Waals surface area contributed by atoms with Crippen LogP contribution in [0.1, 0.15) is 51.0 Å². The molecule has 120 valence electrons. The van der Waals surface area contributed by atoms with E-state index in [9.17, 15) is 8.42 Å². The minimum Gasteiger partial charge on any atom is -0.223 e. The number of unbranched alkanes of at least 4 members (excludes halogenated alkanes) is 1. The minimum absolute atomic E-state index is 0.162. The lowest BCUT2D eigenvalue weighted by Crippen LogP contribution is -2.11. The molecule has 0 saturated carbocycles. The summed E-state index contributed by atoms with van der Waals surface area (Å²) in [5.74, 6) is 0.162. The van der Waals surface area contributed by atoms with Crippen LogP contribution in [0, 0.1) is 6.92 Å². The number of hydrogen-bond donors (Lipinski definition) is 0. The molecule has 1 aliphatic carbocycles. The molecule has 0 heterocycles. The normalized spacial score (nSPS) is 17.5. The van der Waals surface area contributed by atoms with E-state index >= 15 is 0 Å². The predicted molar refractivity (Wildman–Crippen MR) is 92.8 cm³/mol. The van der Waals surface area contributed by atoms with Crippen molar-refractivity contribution in [3.8, 4) is 0 Å². The standard InChI is InChI=1S/C19H26O2S/c1-3-4-8-18(17-9-6-5-7-10-17)15-22(20,21)19-13-11-16(2)12-14-19/h6,9,11-14H,3-5,7-8,10,15H2,1-2H3/b18-17+. The molecule has 0 bridgehead atoms. The first-order chi connectivity index (χ1) is 10.5. The van der Waals surface area contributed by atoms with Crippen molar-refractivity contribution in [3.05, 3.63) is 53.1 Å². The fourth-order valence-electron chi connectivity index (χ4n) is 2.79. The van der Waals surface area contributed by atoms with Crippen LogP contribution < -0.4 is 0 Å². The van der Waals surface area contributed by atoms with Gasteiger partial charge >= 0.3 is 0 Å². The molecule has 2 nitrogen and oxygen atoms in total. The van der Waals surface area contributed by atoms with Crippen molar-refractivity contribution in [1.82, 2.24) is 0 Å². The molecule has 0 aliphatic heterocycles. The first-order valence-electron chi connectivity index (χ1n) is 8.20. The van der Waals surface area contributed by atoms with Gasteiger partial charge in [-0.3, -0.25) is 0 Å². The summed E-state index contributed by atoms with van der Waals surface area (Å²) in [5, 5.41) is 0. The number of allylic oxidation sites excluding steroid dienone is 3. The number of sulfone groups is 1. The van der Waals surface area contributed by atoms with Crippen molar-refractivity contribution in [2.24, 2.45) is 0 Å². The van der Waals surface area contributed by atoms with Crippen LogP contribution >= 0.6 is 0 Å². The zero-order chi connectivity index (χ0) is 16.0. The van der Waals surface area contributed by atoms with Gasteiger partial charge < -0.3 is 0 Å². The Morgan fingerprint density at radius 1 is 1.18 bits per heavy atom. The molecule has 0 aromatic heterocycles. The molecule has 0 amide bonds. The third-order valence-corrected chi connectivity index (χ3v) is 5.89. The maximum Gasteiger partial charge on any atom is 0.182 e. The highest BCUT2D eigenvalue weighted by molar-refractivity contribution is 7.91. The monoisotopic (exact) mass is 318 g/mol. The lowest BCUT2D eigenvalue weighted by Gasteiger charge is -2.16. The molecule has 0 atom stereocenters. The quantitative estimate of drug-likeness (QED) is 0.740. The zero-order valence-corrected chi connectivity index (χ0v) is 14.5. The highest BCUT2D eigenvalue weighted by Crippen LogP contribution is 2.26. The van der Waals surface area contributed by atoms with E-state index in [4.69, 9.17) is 0 Å². The van der Waals surface area contributed by atoms with Crippen LogP contribution in [-0.4, -0.2) is 14.2 Å². The maximum absolute atomic E-state index is 12.7. The SMILES string of the molecule is CCCC/C(CS(=O)(=O)c1ccc(C)cc1)=C1/C=CCCC1. The molecule has 0 unspecified atom stereocenters. The van der Waals surface area contributed by atoms with Crippen molar-refractivity contribution < 1.29 is 8.42 Å². The number of aryl methyl sites for hydroxylation is 1. The summed E-state index contributed by atoms with van der Waals surface area (Å²) in [6, 6.07) is 7.19. The first-order valence-corrected chi connectivity index (χ1v) is 9.85. The molecule has 1 aromatic rings. The second kappa shape index (κ2) is 7.77. The smallest absolute Gasteiger partial charge is 0.182 e. The first kappa shape index (κ1) is 17.0. The van der Waals surface area contributed by atoms with Gasteiger partial charge in [0, 0.05) is 0 Å². The Morgan fingerprint density at radius 3 is 2.50 bits per heavy atom. The molecule has 1 aliphatic rings. The Bertz CT molecular complexity index is 649. The fourth-order valence-corrected chi connectivity index (χ4v) is 4.29. The minimum atomic E-state index is -3.25. The van der Waals surface area contributed by atoms with Crippen LogP contribution in [0.4, 0.5) is 0 Å². The van der Waals surface area contributed by atoms with E-state index in [1.54, 1.807) is 12.1 Å². The van der Waals surface area contributed by atoms with Gasteiger partial charge in [-0.25, -0.2) is 8.42 Å². The Labute approximate surface area is 134 Å². The fraction of sp³-hybridized carbons (Fsp3) is 0.474. The maximum atomic E-state index is 12.7. The van der Waals surface area contributed by atoms with E-state index in [1.165, 1.54) is 5.57 Å². The number of hydrogen-bond acceptors (Lipinski definition) is 2. The molecule has 0 fully saturated rings. The molecule has 22 heavy (non-hydrogen) atoms.